The van der Waals surface area contributed by atoms with E-state index in [0.717, 1.165) is 31.6 Å². The van der Waals surface area contributed by atoms with Crippen molar-refractivity contribution in [2.75, 3.05) is 37.6 Å². The minimum absolute atomic E-state index is 0.0930. The number of nitrogens with one attached hydrogen (secondary N) is 1. The lowest BCUT2D eigenvalue weighted by Crippen LogP contribution is -2.37. The van der Waals surface area contributed by atoms with Crippen molar-refractivity contribution >= 4 is 35.2 Å². The van der Waals surface area contributed by atoms with Crippen LogP contribution < -0.4 is 24.4 Å². The van der Waals surface area contributed by atoms with E-state index < -0.39 is 12.0 Å². The average molecular weight is 599 g/mol. The molecule has 3 aromatic carbocycles. The van der Waals surface area contributed by atoms with Crippen LogP contribution in [0.1, 0.15) is 42.5 Å². The van der Waals surface area contributed by atoms with Gasteiger partial charge < -0.3 is 29.2 Å². The summed E-state index contributed by atoms with van der Waals surface area (Å²) < 4.78 is 45.7. The van der Waals surface area contributed by atoms with Gasteiger partial charge >= 0.3 is 0 Å². The molecular formula is C32H33ClF2N2O5. The van der Waals surface area contributed by atoms with Crippen molar-refractivity contribution in [1.29, 1.82) is 0 Å². The topological polar surface area (TPSA) is 77.1 Å². The van der Waals surface area contributed by atoms with Crippen LogP contribution in [0.15, 0.2) is 54.6 Å². The lowest BCUT2D eigenvalue weighted by atomic mass is 9.76. The number of hydrogen-bond acceptors (Lipinski definition) is 6. The number of nitrogens with zero attached hydrogens (tertiary/aromatic N) is 1. The largest absolute Gasteiger partial charge is 0.497 e. The fourth-order valence-corrected chi connectivity index (χ4v) is 5.65. The molecule has 1 N–H and O–H groups in total. The maximum Gasteiger partial charge on any atom is 0.274 e. The first-order chi connectivity index (χ1) is 20.1. The number of aldehydes is 1. The first-order valence-electron chi connectivity index (χ1n) is 13.8. The SMILES string of the molecule is COc1cc(NC(C(=O)N2CCc3cc(OC)c(C(C)(F)F)cc32)c2ccc(Cl)cc2)cc(OCC2CC(C=O)C2)c1. The second-order valence-corrected chi connectivity index (χ2v) is 11.3. The van der Waals surface area contributed by atoms with Crippen LogP contribution in [0.4, 0.5) is 20.2 Å². The summed E-state index contributed by atoms with van der Waals surface area (Å²) in [5, 5.41) is 3.84. The first kappa shape index (κ1) is 29.6. The zero-order valence-electron chi connectivity index (χ0n) is 23.7. The van der Waals surface area contributed by atoms with Gasteiger partial charge in [-0.15, -0.1) is 0 Å². The highest BCUT2D eigenvalue weighted by molar-refractivity contribution is 6.30. The molecule has 1 amide bonds. The summed E-state index contributed by atoms with van der Waals surface area (Å²) in [6.45, 7) is 1.61. The van der Waals surface area contributed by atoms with Crippen LogP contribution in [0.5, 0.6) is 17.2 Å². The van der Waals surface area contributed by atoms with Gasteiger partial charge in [0.05, 0.1) is 26.4 Å². The van der Waals surface area contributed by atoms with Crippen LogP contribution in [-0.2, 0) is 21.9 Å². The van der Waals surface area contributed by atoms with Gasteiger partial charge in [-0.25, -0.2) is 8.78 Å². The molecule has 1 aliphatic carbocycles. The van der Waals surface area contributed by atoms with Crippen molar-refractivity contribution in [1.82, 2.24) is 0 Å². The van der Waals surface area contributed by atoms with E-state index in [0.29, 0.717) is 59.0 Å². The molecule has 42 heavy (non-hydrogen) atoms. The molecule has 0 saturated heterocycles. The summed E-state index contributed by atoms with van der Waals surface area (Å²) in [5.74, 6) is -1.88. The summed E-state index contributed by atoms with van der Waals surface area (Å²) in [6.07, 6.45) is 3.10. The number of anilines is 2. The van der Waals surface area contributed by atoms with Gasteiger partial charge in [-0.1, -0.05) is 23.7 Å². The van der Waals surface area contributed by atoms with E-state index in [-0.39, 0.29) is 23.1 Å². The Bertz CT molecular complexity index is 1450. The quantitative estimate of drug-likeness (QED) is 0.244. The van der Waals surface area contributed by atoms with Crippen molar-refractivity contribution < 1.29 is 32.6 Å². The highest BCUT2D eigenvalue weighted by atomic mass is 35.5. The summed E-state index contributed by atoms with van der Waals surface area (Å²) >= 11 is 6.14. The number of carbonyl (C=O) groups excluding carboxylic acids is 2. The van der Waals surface area contributed by atoms with Gasteiger partial charge in [-0.05, 0) is 60.6 Å². The van der Waals surface area contributed by atoms with Crippen LogP contribution in [-0.4, -0.2) is 39.6 Å². The normalized spacial score (nSPS) is 18.5. The third-order valence-corrected chi connectivity index (χ3v) is 8.11. The number of hydrogen-bond donors (Lipinski definition) is 1. The fourth-order valence-electron chi connectivity index (χ4n) is 5.53. The third kappa shape index (κ3) is 6.31. The molecule has 0 bridgehead atoms. The van der Waals surface area contributed by atoms with Gasteiger partial charge in [-0.3, -0.25) is 4.79 Å². The van der Waals surface area contributed by atoms with Crippen LogP contribution in [0.25, 0.3) is 0 Å². The fraction of sp³-hybridized carbons (Fsp3) is 0.375. The van der Waals surface area contributed by atoms with Crippen LogP contribution in [0.3, 0.4) is 0 Å². The van der Waals surface area contributed by atoms with Gasteiger partial charge in [0.1, 0.15) is 29.6 Å². The predicted octanol–water partition coefficient (Wildman–Crippen LogP) is 6.82. The number of ether oxygens (including phenoxy) is 3. The lowest BCUT2D eigenvalue weighted by Gasteiger charge is -2.31. The second-order valence-electron chi connectivity index (χ2n) is 10.9. The molecule has 1 atom stereocenters. The Morgan fingerprint density at radius 3 is 2.45 bits per heavy atom. The van der Waals surface area contributed by atoms with Gasteiger partial charge in [0.2, 0.25) is 0 Å². The molecule has 0 aromatic heterocycles. The van der Waals surface area contributed by atoms with Crippen molar-refractivity contribution in [3.05, 3.63) is 76.3 Å². The maximum absolute atomic E-state index is 14.5. The molecular weight excluding hydrogens is 566 g/mol. The van der Waals surface area contributed by atoms with E-state index in [4.69, 9.17) is 25.8 Å². The van der Waals surface area contributed by atoms with E-state index in [2.05, 4.69) is 5.32 Å². The molecule has 1 heterocycles. The summed E-state index contributed by atoms with van der Waals surface area (Å²) in [6, 6.07) is 14.3. The van der Waals surface area contributed by atoms with Gasteiger partial charge in [0.25, 0.3) is 11.8 Å². The van der Waals surface area contributed by atoms with Gasteiger partial charge in [0.15, 0.2) is 0 Å². The number of amides is 1. The summed E-state index contributed by atoms with van der Waals surface area (Å²) in [4.78, 5) is 26.7. The Hall–Kier alpha value is -3.85. The van der Waals surface area contributed by atoms with E-state index >= 15 is 0 Å². The lowest BCUT2D eigenvalue weighted by molar-refractivity contribution is -0.119. The molecule has 3 aromatic rings. The van der Waals surface area contributed by atoms with Crippen molar-refractivity contribution in [2.24, 2.45) is 11.8 Å². The number of halogens is 3. The van der Waals surface area contributed by atoms with Crippen LogP contribution >= 0.6 is 11.6 Å². The smallest absolute Gasteiger partial charge is 0.274 e. The van der Waals surface area contributed by atoms with Crippen molar-refractivity contribution in [3.63, 3.8) is 0 Å². The molecule has 222 valence electrons. The zero-order valence-corrected chi connectivity index (χ0v) is 24.4. The molecule has 1 aliphatic heterocycles. The Labute approximate surface area is 248 Å². The predicted molar refractivity (Wildman–Crippen MR) is 157 cm³/mol. The van der Waals surface area contributed by atoms with E-state index in [1.807, 2.05) is 0 Å². The molecule has 7 nitrogen and oxygen atoms in total. The minimum atomic E-state index is -3.16. The third-order valence-electron chi connectivity index (χ3n) is 7.86. The Morgan fingerprint density at radius 1 is 1.10 bits per heavy atom. The standard InChI is InChI=1S/C32H33ClF2N2O5/c1-32(34,35)27-16-28-22(12-29(27)41-3)8-9-37(28)31(39)30(21-4-6-23(33)7-5-21)36-24-13-25(40-2)15-26(14-24)42-18-20-10-19(11-20)17-38/h4-7,12-17,19-20,30,36H,8-11,18H2,1-3H3. The highest BCUT2D eigenvalue weighted by Crippen LogP contribution is 2.42. The van der Waals surface area contributed by atoms with Gasteiger partial charge in [-0.2, -0.15) is 0 Å². The molecule has 1 unspecified atom stereocenters. The van der Waals surface area contributed by atoms with Crippen LogP contribution in [0.2, 0.25) is 5.02 Å². The molecule has 0 radical (unpaired) electrons. The first-order valence-corrected chi connectivity index (χ1v) is 14.2. The molecule has 10 heteroatoms. The second kappa shape index (κ2) is 12.2. The number of carbonyl (C=O) groups is 2. The van der Waals surface area contributed by atoms with Crippen molar-refractivity contribution in [2.45, 2.75) is 38.2 Å². The Morgan fingerprint density at radius 2 is 1.81 bits per heavy atom. The molecule has 5 rings (SSSR count). The van der Waals surface area contributed by atoms with E-state index in [9.17, 15) is 18.4 Å². The molecule has 0 spiro atoms. The van der Waals surface area contributed by atoms with Crippen molar-refractivity contribution in [3.8, 4) is 17.2 Å². The van der Waals surface area contributed by atoms with E-state index in [1.165, 1.54) is 18.1 Å². The summed E-state index contributed by atoms with van der Waals surface area (Å²) in [5.41, 5.74) is 2.13. The monoisotopic (exact) mass is 598 g/mol. The highest BCUT2D eigenvalue weighted by Gasteiger charge is 2.36. The number of rotatable bonds is 11. The van der Waals surface area contributed by atoms with Gasteiger partial charge in [0, 0.05) is 54.0 Å². The number of benzene rings is 3. The number of fused-ring (bicyclic) bond motifs is 1. The van der Waals surface area contributed by atoms with Crippen LogP contribution in [0, 0.1) is 11.8 Å². The number of methoxy groups -OCH3 is 2. The minimum Gasteiger partial charge on any atom is -0.497 e. The number of alkyl halides is 2. The Balaban J connectivity index is 1.45. The Kier molecular flexibility index (Phi) is 8.59. The average Bonchev–Trinajstić information content (AvgIpc) is 3.37. The maximum atomic E-state index is 14.5. The molecule has 1 fully saturated rings. The zero-order chi connectivity index (χ0) is 30.0. The molecule has 1 saturated carbocycles. The molecule has 2 aliphatic rings. The van der Waals surface area contributed by atoms with E-state index in [1.54, 1.807) is 55.6 Å². The summed E-state index contributed by atoms with van der Waals surface area (Å²) in [7, 11) is 2.90.